The number of carbonyl (C=O) groups excluding carboxylic acids is 1. The van der Waals surface area contributed by atoms with Crippen LogP contribution in [0.5, 0.6) is 0 Å². The van der Waals surface area contributed by atoms with E-state index in [1.54, 1.807) is 0 Å². The molecule has 0 fully saturated rings. The lowest BCUT2D eigenvalue weighted by atomic mass is 10.0. The van der Waals surface area contributed by atoms with Gasteiger partial charge in [0.15, 0.2) is 0 Å². The van der Waals surface area contributed by atoms with Crippen molar-refractivity contribution in [3.8, 4) is 0 Å². The third kappa shape index (κ3) is 4.97. The highest BCUT2D eigenvalue weighted by atomic mass is 16.3. The highest BCUT2D eigenvalue weighted by molar-refractivity contribution is 5.76. The molecule has 1 amide bonds. The van der Waals surface area contributed by atoms with Gasteiger partial charge in [0.25, 0.3) is 0 Å². The second-order valence-electron chi connectivity index (χ2n) is 4.50. The maximum atomic E-state index is 12.1. The zero-order valence-corrected chi connectivity index (χ0v) is 11.2. The Morgan fingerprint density at radius 1 is 1.19 bits per heavy atom. The fraction of sp³-hybridized carbons (Fsp3) is 0.923. The van der Waals surface area contributed by atoms with E-state index in [4.69, 9.17) is 5.11 Å². The Balaban J connectivity index is 4.44. The lowest BCUT2D eigenvalue weighted by molar-refractivity contribution is -0.135. The van der Waals surface area contributed by atoms with E-state index >= 15 is 0 Å². The van der Waals surface area contributed by atoms with Gasteiger partial charge in [0.1, 0.15) is 0 Å². The van der Waals surface area contributed by atoms with Crippen molar-refractivity contribution < 1.29 is 9.90 Å². The van der Waals surface area contributed by atoms with E-state index in [-0.39, 0.29) is 18.6 Å². The second-order valence-corrected chi connectivity index (χ2v) is 4.50. The minimum Gasteiger partial charge on any atom is -0.395 e. The fourth-order valence-corrected chi connectivity index (χ4v) is 1.91. The molecular formula is C13H27NO2. The number of nitrogens with zero attached hydrogens (tertiary/aromatic N) is 1. The van der Waals surface area contributed by atoms with Gasteiger partial charge in [-0.15, -0.1) is 0 Å². The minimum absolute atomic E-state index is 0.0583. The first-order chi connectivity index (χ1) is 7.60. The van der Waals surface area contributed by atoms with E-state index in [1.165, 1.54) is 0 Å². The van der Waals surface area contributed by atoms with Crippen LogP contribution in [0.2, 0.25) is 0 Å². The zero-order valence-electron chi connectivity index (χ0n) is 11.2. The Hall–Kier alpha value is -0.570. The maximum Gasteiger partial charge on any atom is 0.223 e. The molecule has 1 N–H and O–H groups in total. The molecule has 1 atom stereocenters. The Morgan fingerprint density at radius 3 is 2.12 bits per heavy atom. The molecule has 0 aromatic heterocycles. The summed E-state index contributed by atoms with van der Waals surface area (Å²) in [4.78, 5) is 13.9. The summed E-state index contributed by atoms with van der Waals surface area (Å²) in [5.74, 6) is 0.625. The average Bonchev–Trinajstić information content (AvgIpc) is 2.29. The second kappa shape index (κ2) is 8.57. The summed E-state index contributed by atoms with van der Waals surface area (Å²) in [6.45, 7) is 8.92. The largest absolute Gasteiger partial charge is 0.395 e. The molecule has 0 aliphatic rings. The predicted octanol–water partition coefficient (Wildman–Crippen LogP) is 2.43. The number of aliphatic hydroxyl groups is 1. The molecule has 0 aromatic carbocycles. The van der Waals surface area contributed by atoms with Gasteiger partial charge in [-0.3, -0.25) is 4.79 Å². The molecule has 3 heteroatoms. The van der Waals surface area contributed by atoms with Gasteiger partial charge in [-0.25, -0.2) is 0 Å². The number of amides is 1. The molecule has 0 aliphatic heterocycles. The first-order valence-corrected chi connectivity index (χ1v) is 6.50. The standard InChI is InChI=1S/C13H27NO2/c1-5-11(4)10-13(16)14(8-9-15)12(6-2)7-3/h11-12,15H,5-10H2,1-4H3. The van der Waals surface area contributed by atoms with Crippen LogP contribution < -0.4 is 0 Å². The number of hydrogen-bond acceptors (Lipinski definition) is 2. The molecule has 3 nitrogen and oxygen atoms in total. The van der Waals surface area contributed by atoms with Crippen LogP contribution in [0.1, 0.15) is 53.4 Å². The summed E-state index contributed by atoms with van der Waals surface area (Å²) in [5.41, 5.74) is 0. The third-order valence-electron chi connectivity index (χ3n) is 3.26. The molecule has 0 saturated heterocycles. The summed E-state index contributed by atoms with van der Waals surface area (Å²) >= 11 is 0. The Labute approximate surface area is 99.8 Å². The molecule has 0 saturated carbocycles. The molecule has 0 aromatic rings. The predicted molar refractivity (Wildman–Crippen MR) is 67.2 cm³/mol. The first kappa shape index (κ1) is 15.4. The van der Waals surface area contributed by atoms with Crippen molar-refractivity contribution >= 4 is 5.91 Å². The van der Waals surface area contributed by atoms with Crippen LogP contribution in [0.4, 0.5) is 0 Å². The summed E-state index contributed by atoms with van der Waals surface area (Å²) in [6.07, 6.45) is 3.56. The number of carbonyl (C=O) groups is 1. The van der Waals surface area contributed by atoms with Gasteiger partial charge in [0.05, 0.1) is 6.61 Å². The SMILES string of the molecule is CCC(C)CC(=O)N(CCO)C(CC)CC. The quantitative estimate of drug-likeness (QED) is 0.694. The summed E-state index contributed by atoms with van der Waals surface area (Å²) in [7, 11) is 0. The van der Waals surface area contributed by atoms with Crippen LogP contribution in [0, 0.1) is 5.92 Å². The number of hydrogen-bond donors (Lipinski definition) is 1. The molecular weight excluding hydrogens is 202 g/mol. The third-order valence-corrected chi connectivity index (χ3v) is 3.26. The summed E-state index contributed by atoms with van der Waals surface area (Å²) in [6, 6.07) is 0.281. The molecule has 0 spiro atoms. The van der Waals surface area contributed by atoms with Crippen molar-refractivity contribution in [1.29, 1.82) is 0 Å². The molecule has 0 aliphatic carbocycles. The minimum atomic E-state index is 0.0583. The molecule has 16 heavy (non-hydrogen) atoms. The van der Waals surface area contributed by atoms with Crippen LogP contribution in [0.15, 0.2) is 0 Å². The van der Waals surface area contributed by atoms with Gasteiger partial charge < -0.3 is 10.0 Å². The van der Waals surface area contributed by atoms with Crippen molar-refractivity contribution in [2.45, 2.75) is 59.4 Å². The van der Waals surface area contributed by atoms with Crippen LogP contribution in [-0.4, -0.2) is 35.1 Å². The number of aliphatic hydroxyl groups excluding tert-OH is 1. The molecule has 0 heterocycles. The van der Waals surface area contributed by atoms with E-state index < -0.39 is 0 Å². The topological polar surface area (TPSA) is 40.5 Å². The fourth-order valence-electron chi connectivity index (χ4n) is 1.91. The van der Waals surface area contributed by atoms with Crippen molar-refractivity contribution in [3.05, 3.63) is 0 Å². The Morgan fingerprint density at radius 2 is 1.75 bits per heavy atom. The first-order valence-electron chi connectivity index (χ1n) is 6.50. The van der Waals surface area contributed by atoms with Gasteiger partial charge in [0, 0.05) is 19.0 Å². The van der Waals surface area contributed by atoms with Crippen molar-refractivity contribution in [1.82, 2.24) is 4.90 Å². The van der Waals surface area contributed by atoms with E-state index in [0.717, 1.165) is 19.3 Å². The van der Waals surface area contributed by atoms with Gasteiger partial charge in [-0.2, -0.15) is 0 Å². The van der Waals surface area contributed by atoms with E-state index in [2.05, 4.69) is 27.7 Å². The molecule has 96 valence electrons. The van der Waals surface area contributed by atoms with Crippen LogP contribution >= 0.6 is 0 Å². The number of rotatable bonds is 8. The highest BCUT2D eigenvalue weighted by Crippen LogP contribution is 2.14. The summed E-state index contributed by atoms with van der Waals surface area (Å²) < 4.78 is 0. The normalized spacial score (nSPS) is 12.9. The maximum absolute atomic E-state index is 12.1. The molecule has 0 bridgehead atoms. The van der Waals surface area contributed by atoms with E-state index in [0.29, 0.717) is 18.9 Å². The van der Waals surface area contributed by atoms with Crippen molar-refractivity contribution in [2.75, 3.05) is 13.2 Å². The molecule has 0 rings (SSSR count). The van der Waals surface area contributed by atoms with E-state index in [9.17, 15) is 4.79 Å². The average molecular weight is 229 g/mol. The monoisotopic (exact) mass is 229 g/mol. The van der Waals surface area contributed by atoms with Gasteiger partial charge in [0.2, 0.25) is 5.91 Å². The Bertz CT molecular complexity index is 190. The lowest BCUT2D eigenvalue weighted by Gasteiger charge is -2.31. The van der Waals surface area contributed by atoms with Crippen LogP contribution in [0.25, 0.3) is 0 Å². The molecule has 1 unspecified atom stereocenters. The van der Waals surface area contributed by atoms with Gasteiger partial charge >= 0.3 is 0 Å². The van der Waals surface area contributed by atoms with Crippen LogP contribution in [0.3, 0.4) is 0 Å². The van der Waals surface area contributed by atoms with Gasteiger partial charge in [-0.05, 0) is 18.8 Å². The molecule has 0 radical (unpaired) electrons. The van der Waals surface area contributed by atoms with Crippen molar-refractivity contribution in [2.24, 2.45) is 5.92 Å². The van der Waals surface area contributed by atoms with Crippen LogP contribution in [-0.2, 0) is 4.79 Å². The summed E-state index contributed by atoms with van der Waals surface area (Å²) in [5, 5.41) is 9.02. The lowest BCUT2D eigenvalue weighted by Crippen LogP contribution is -2.42. The smallest absolute Gasteiger partial charge is 0.223 e. The zero-order chi connectivity index (χ0) is 12.6. The highest BCUT2D eigenvalue weighted by Gasteiger charge is 2.21. The van der Waals surface area contributed by atoms with E-state index in [1.807, 2.05) is 4.90 Å². The van der Waals surface area contributed by atoms with Gasteiger partial charge in [-0.1, -0.05) is 34.1 Å². The Kier molecular flexibility index (Phi) is 8.26. The van der Waals surface area contributed by atoms with Crippen molar-refractivity contribution in [3.63, 3.8) is 0 Å².